The summed E-state index contributed by atoms with van der Waals surface area (Å²) in [6, 6.07) is 21.2. The highest BCUT2D eigenvalue weighted by Crippen LogP contribution is 2.25. The molecule has 0 saturated heterocycles. The van der Waals surface area contributed by atoms with Crippen LogP contribution in [0.1, 0.15) is 10.4 Å². The monoisotopic (exact) mass is 464 g/mol. The normalized spacial score (nSPS) is 11.9. The molecular formula is C24H21ClN4O2S. The molecule has 0 aliphatic heterocycles. The molecular weight excluding hydrogens is 444 g/mol. The van der Waals surface area contributed by atoms with Gasteiger partial charge in [-0.05, 0) is 64.1 Å². The van der Waals surface area contributed by atoms with E-state index in [1.54, 1.807) is 24.5 Å². The number of aromatic nitrogens is 1. The minimum atomic E-state index is 0.412. The number of ether oxygens (including phenoxy) is 1. The van der Waals surface area contributed by atoms with E-state index in [0.717, 1.165) is 22.7 Å². The van der Waals surface area contributed by atoms with Gasteiger partial charge in [0.25, 0.3) is 5.88 Å². The molecule has 6 nitrogen and oxygen atoms in total. The average molecular weight is 465 g/mol. The highest BCUT2D eigenvalue weighted by molar-refractivity contribution is 7.11. The Hall–Kier alpha value is -3.55. The first kappa shape index (κ1) is 21.7. The van der Waals surface area contributed by atoms with Crippen molar-refractivity contribution in [2.75, 3.05) is 12.4 Å². The minimum absolute atomic E-state index is 0.412. The first-order valence-corrected chi connectivity index (χ1v) is 11.1. The van der Waals surface area contributed by atoms with Crippen LogP contribution >= 0.6 is 22.9 Å². The number of nitrogens with one attached hydrogen (secondary N) is 2. The van der Waals surface area contributed by atoms with Gasteiger partial charge in [-0.3, -0.25) is 4.99 Å². The van der Waals surface area contributed by atoms with Crippen molar-refractivity contribution in [1.29, 1.82) is 0 Å². The number of nitrogens with zero attached hydrogens (tertiary/aromatic N) is 2. The number of thiophene rings is 1. The van der Waals surface area contributed by atoms with Crippen LogP contribution in [0.15, 0.2) is 94.1 Å². The van der Waals surface area contributed by atoms with E-state index < -0.39 is 0 Å². The van der Waals surface area contributed by atoms with Crippen molar-refractivity contribution in [2.24, 2.45) is 4.99 Å². The Bertz CT molecular complexity index is 1170. The van der Waals surface area contributed by atoms with Crippen molar-refractivity contribution >= 4 is 40.2 Å². The van der Waals surface area contributed by atoms with Gasteiger partial charge in [-0.2, -0.15) is 0 Å². The summed E-state index contributed by atoms with van der Waals surface area (Å²) in [5.41, 5.74) is 3.21. The number of allylic oxidation sites excluding steroid dienone is 1. The quantitative estimate of drug-likeness (QED) is 0.243. The maximum atomic E-state index is 6.03. The molecule has 0 atom stereocenters. The molecule has 2 aromatic carbocycles. The van der Waals surface area contributed by atoms with Gasteiger partial charge in [0.1, 0.15) is 12.0 Å². The molecule has 4 rings (SSSR count). The third-order valence-electron chi connectivity index (χ3n) is 4.51. The second-order valence-electron chi connectivity index (χ2n) is 6.76. The van der Waals surface area contributed by atoms with Gasteiger partial charge in [-0.1, -0.05) is 29.8 Å². The van der Waals surface area contributed by atoms with Gasteiger partial charge in [-0.25, -0.2) is 0 Å². The van der Waals surface area contributed by atoms with Crippen LogP contribution in [0.25, 0.3) is 5.57 Å². The van der Waals surface area contributed by atoms with Crippen molar-refractivity contribution in [2.45, 2.75) is 6.42 Å². The van der Waals surface area contributed by atoms with Crippen LogP contribution < -0.4 is 15.4 Å². The number of benzene rings is 2. The lowest BCUT2D eigenvalue weighted by atomic mass is 10.0. The molecule has 0 saturated carbocycles. The SMILES string of the molecule is CN=C(N/C=C(\Cc1ccc(Cl)cc1)c1cccs1)Nc1ccc(Oc2ccon2)cc1. The molecule has 2 aromatic heterocycles. The van der Waals surface area contributed by atoms with Crippen LogP contribution in [0.3, 0.4) is 0 Å². The minimum Gasteiger partial charge on any atom is -0.436 e. The molecule has 0 unspecified atom stereocenters. The fraction of sp³-hybridized carbons (Fsp3) is 0.0833. The van der Waals surface area contributed by atoms with Gasteiger partial charge in [-0.15, -0.1) is 11.3 Å². The second-order valence-corrected chi connectivity index (χ2v) is 8.14. The predicted molar refractivity (Wildman–Crippen MR) is 131 cm³/mol. The third-order valence-corrected chi connectivity index (χ3v) is 5.70. The maximum Gasteiger partial charge on any atom is 0.259 e. The van der Waals surface area contributed by atoms with Crippen LogP contribution in [-0.4, -0.2) is 18.2 Å². The number of hydrogen-bond donors (Lipinski definition) is 2. The maximum absolute atomic E-state index is 6.03. The van der Waals surface area contributed by atoms with Crippen molar-refractivity contribution < 1.29 is 9.26 Å². The Kier molecular flexibility index (Phi) is 7.22. The Morgan fingerprint density at radius 1 is 1.12 bits per heavy atom. The molecule has 0 radical (unpaired) electrons. The van der Waals surface area contributed by atoms with Gasteiger partial charge >= 0.3 is 0 Å². The fourth-order valence-electron chi connectivity index (χ4n) is 2.92. The Morgan fingerprint density at radius 3 is 2.59 bits per heavy atom. The number of aliphatic imine (C=N–C) groups is 1. The van der Waals surface area contributed by atoms with Crippen LogP contribution in [0, 0.1) is 0 Å². The smallest absolute Gasteiger partial charge is 0.259 e. The molecule has 2 N–H and O–H groups in total. The molecule has 32 heavy (non-hydrogen) atoms. The summed E-state index contributed by atoms with van der Waals surface area (Å²) in [5, 5.41) is 13.1. The zero-order chi connectivity index (χ0) is 22.2. The number of rotatable bonds is 7. The van der Waals surface area contributed by atoms with Gasteiger partial charge in [0.05, 0.1) is 0 Å². The van der Waals surface area contributed by atoms with Crippen molar-refractivity contribution in [3.63, 3.8) is 0 Å². The number of anilines is 1. The van der Waals surface area contributed by atoms with Crippen LogP contribution in [-0.2, 0) is 6.42 Å². The summed E-state index contributed by atoms with van der Waals surface area (Å²) >= 11 is 7.73. The van der Waals surface area contributed by atoms with Gasteiger partial charge in [0.2, 0.25) is 0 Å². The van der Waals surface area contributed by atoms with Crippen molar-refractivity contribution in [3.8, 4) is 11.6 Å². The number of guanidine groups is 1. The molecule has 0 aliphatic rings. The first-order chi connectivity index (χ1) is 15.7. The Morgan fingerprint density at radius 2 is 1.94 bits per heavy atom. The molecule has 162 valence electrons. The fourth-order valence-corrected chi connectivity index (χ4v) is 3.79. The van der Waals surface area contributed by atoms with E-state index in [1.165, 1.54) is 16.7 Å². The summed E-state index contributed by atoms with van der Waals surface area (Å²) in [6.45, 7) is 0. The number of hydrogen-bond acceptors (Lipinski definition) is 5. The van der Waals surface area contributed by atoms with Gasteiger partial charge in [0, 0.05) is 41.3 Å². The standard InChI is InChI=1S/C24H21ClN4O2S/c1-26-24(28-20-8-10-21(11-9-20)31-23-12-13-30-29-23)27-16-18(22-3-2-14-32-22)15-17-4-6-19(25)7-5-17/h2-14,16H,15H2,1H3,(H2,26,27,28)/b18-16+. The lowest BCUT2D eigenvalue weighted by Gasteiger charge is -2.12. The Balaban J connectivity index is 1.43. The number of halogens is 1. The largest absolute Gasteiger partial charge is 0.436 e. The highest BCUT2D eigenvalue weighted by atomic mass is 35.5. The zero-order valence-corrected chi connectivity index (χ0v) is 18.9. The van der Waals surface area contributed by atoms with Crippen LogP contribution in [0.5, 0.6) is 11.6 Å². The summed E-state index contributed by atoms with van der Waals surface area (Å²) in [5.74, 6) is 1.70. The highest BCUT2D eigenvalue weighted by Gasteiger charge is 2.07. The van der Waals surface area contributed by atoms with E-state index in [0.29, 0.717) is 17.6 Å². The Labute approximate surface area is 195 Å². The summed E-state index contributed by atoms with van der Waals surface area (Å²) in [6.07, 6.45) is 4.22. The first-order valence-electron chi connectivity index (χ1n) is 9.85. The topological polar surface area (TPSA) is 71.7 Å². The van der Waals surface area contributed by atoms with Crippen molar-refractivity contribution in [1.82, 2.24) is 10.5 Å². The third kappa shape index (κ3) is 6.00. The van der Waals surface area contributed by atoms with E-state index in [9.17, 15) is 0 Å². The molecule has 0 aliphatic carbocycles. The second kappa shape index (κ2) is 10.7. The molecule has 8 heteroatoms. The van der Waals surface area contributed by atoms with E-state index in [2.05, 4.69) is 32.2 Å². The van der Waals surface area contributed by atoms with Gasteiger partial charge < -0.3 is 19.9 Å². The summed E-state index contributed by atoms with van der Waals surface area (Å²) < 4.78 is 10.4. The lowest BCUT2D eigenvalue weighted by molar-refractivity contribution is 0.367. The van der Waals surface area contributed by atoms with Crippen molar-refractivity contribution in [3.05, 3.63) is 100 Å². The van der Waals surface area contributed by atoms with E-state index in [4.69, 9.17) is 20.9 Å². The van der Waals surface area contributed by atoms with E-state index >= 15 is 0 Å². The molecule has 0 spiro atoms. The van der Waals surface area contributed by atoms with Gasteiger partial charge in [0.15, 0.2) is 5.96 Å². The molecule has 2 heterocycles. The predicted octanol–water partition coefficient (Wildman–Crippen LogP) is 6.45. The average Bonchev–Trinajstić information content (AvgIpc) is 3.53. The van der Waals surface area contributed by atoms with E-state index in [-0.39, 0.29) is 0 Å². The van der Waals surface area contributed by atoms with Crippen LogP contribution in [0.4, 0.5) is 5.69 Å². The van der Waals surface area contributed by atoms with Crippen LogP contribution in [0.2, 0.25) is 5.02 Å². The zero-order valence-electron chi connectivity index (χ0n) is 17.3. The molecule has 0 amide bonds. The molecule has 4 aromatic rings. The summed E-state index contributed by atoms with van der Waals surface area (Å²) in [4.78, 5) is 5.51. The molecule has 0 fully saturated rings. The van der Waals surface area contributed by atoms with E-state index in [1.807, 2.05) is 60.8 Å². The molecule has 0 bridgehead atoms. The lowest BCUT2D eigenvalue weighted by Crippen LogP contribution is -2.26. The summed E-state index contributed by atoms with van der Waals surface area (Å²) in [7, 11) is 1.73.